The molecule has 0 saturated heterocycles. The first kappa shape index (κ1) is 12.1. The topological polar surface area (TPSA) is 46.6 Å². The Kier molecular flexibility index (Phi) is 3.47. The van der Waals surface area contributed by atoms with Crippen LogP contribution in [0.3, 0.4) is 0 Å². The number of nitrogens with zero attached hydrogens (tertiary/aromatic N) is 1. The number of amides is 1. The predicted octanol–water partition coefficient (Wildman–Crippen LogP) is 2.33. The van der Waals surface area contributed by atoms with E-state index in [1.165, 1.54) is 4.90 Å². The Morgan fingerprint density at radius 3 is 3.12 bits per heavy atom. The molecular weight excluding hydrogens is 238 g/mol. The lowest BCUT2D eigenvalue weighted by Crippen LogP contribution is -2.43. The maximum atomic E-state index is 12.2. The van der Waals surface area contributed by atoms with Crippen molar-refractivity contribution in [3.63, 3.8) is 0 Å². The van der Waals surface area contributed by atoms with Crippen molar-refractivity contribution in [3.8, 4) is 0 Å². The van der Waals surface area contributed by atoms with Gasteiger partial charge in [0.05, 0.1) is 12.6 Å². The Labute approximate surface area is 104 Å². The highest BCUT2D eigenvalue weighted by molar-refractivity contribution is 7.10. The molecule has 4 nitrogen and oxygen atoms in total. The van der Waals surface area contributed by atoms with Crippen molar-refractivity contribution in [3.05, 3.63) is 21.9 Å². The van der Waals surface area contributed by atoms with Crippen LogP contribution >= 0.6 is 11.3 Å². The van der Waals surface area contributed by atoms with Crippen molar-refractivity contribution in [2.75, 3.05) is 13.2 Å². The molecule has 0 bridgehead atoms. The molecule has 0 saturated carbocycles. The fourth-order valence-corrected chi connectivity index (χ4v) is 2.86. The first-order chi connectivity index (χ1) is 8.15. The van der Waals surface area contributed by atoms with Gasteiger partial charge in [-0.25, -0.2) is 4.79 Å². The van der Waals surface area contributed by atoms with Crippen molar-refractivity contribution in [1.82, 2.24) is 4.90 Å². The third-order valence-corrected chi connectivity index (χ3v) is 3.92. The molecule has 0 N–H and O–H groups in total. The van der Waals surface area contributed by atoms with E-state index in [9.17, 15) is 9.59 Å². The minimum atomic E-state index is -0.440. The number of Topliss-reactive ketones (excluding diaryl/α,β-unsaturated/α-hetero) is 1. The second-order valence-corrected chi connectivity index (χ2v) is 4.94. The number of ketones is 1. The Morgan fingerprint density at radius 1 is 1.65 bits per heavy atom. The minimum Gasteiger partial charge on any atom is -0.450 e. The lowest BCUT2D eigenvalue weighted by atomic mass is 10.1. The van der Waals surface area contributed by atoms with E-state index >= 15 is 0 Å². The molecule has 5 heteroatoms. The summed E-state index contributed by atoms with van der Waals surface area (Å²) >= 11 is 1.57. The van der Waals surface area contributed by atoms with Gasteiger partial charge in [0.15, 0.2) is 5.78 Å². The number of thiophene rings is 1. The molecule has 1 amide bonds. The average molecular weight is 253 g/mol. The zero-order chi connectivity index (χ0) is 12.4. The van der Waals surface area contributed by atoms with E-state index in [1.54, 1.807) is 25.2 Å². The Balaban J connectivity index is 2.23. The van der Waals surface area contributed by atoms with Crippen LogP contribution in [0.25, 0.3) is 0 Å². The number of hydrogen-bond donors (Lipinski definition) is 0. The number of fused-ring (bicyclic) bond motifs is 1. The van der Waals surface area contributed by atoms with E-state index in [2.05, 4.69) is 0 Å². The second kappa shape index (κ2) is 4.87. The number of hydrogen-bond acceptors (Lipinski definition) is 4. The first-order valence-corrected chi connectivity index (χ1v) is 6.57. The van der Waals surface area contributed by atoms with Crippen LogP contribution in [0.4, 0.5) is 4.79 Å². The van der Waals surface area contributed by atoms with E-state index in [4.69, 9.17) is 4.74 Å². The van der Waals surface area contributed by atoms with Crippen LogP contribution in [0, 0.1) is 0 Å². The minimum absolute atomic E-state index is 0.00630. The molecule has 17 heavy (non-hydrogen) atoms. The van der Waals surface area contributed by atoms with Gasteiger partial charge in [0.2, 0.25) is 0 Å². The Bertz CT molecular complexity index is 441. The molecule has 2 rings (SSSR count). The van der Waals surface area contributed by atoms with Gasteiger partial charge in [-0.2, -0.15) is 0 Å². The Hall–Kier alpha value is -1.36. The summed E-state index contributed by atoms with van der Waals surface area (Å²) in [6.45, 7) is 4.39. The van der Waals surface area contributed by atoms with E-state index in [0.29, 0.717) is 13.2 Å². The predicted molar refractivity (Wildman–Crippen MR) is 65.5 cm³/mol. The van der Waals surface area contributed by atoms with Gasteiger partial charge < -0.3 is 4.74 Å². The number of carbonyl (C=O) groups excluding carboxylic acids is 2. The quantitative estimate of drug-likeness (QED) is 0.771. The number of rotatable bonds is 1. The summed E-state index contributed by atoms with van der Waals surface area (Å²) in [5, 5.41) is 1.93. The number of ether oxygens (including phenoxy) is 1. The van der Waals surface area contributed by atoms with Gasteiger partial charge in [0.1, 0.15) is 0 Å². The van der Waals surface area contributed by atoms with Gasteiger partial charge in [-0.3, -0.25) is 9.69 Å². The Morgan fingerprint density at radius 2 is 2.41 bits per heavy atom. The molecule has 1 aromatic heterocycles. The second-order valence-electron chi connectivity index (χ2n) is 3.94. The fourth-order valence-electron chi connectivity index (χ4n) is 1.99. The molecule has 0 fully saturated rings. The van der Waals surface area contributed by atoms with Gasteiger partial charge in [0, 0.05) is 23.4 Å². The highest BCUT2D eigenvalue weighted by atomic mass is 32.1. The van der Waals surface area contributed by atoms with Gasteiger partial charge in [0.25, 0.3) is 0 Å². The lowest BCUT2D eigenvalue weighted by Gasteiger charge is -2.24. The average Bonchev–Trinajstić information content (AvgIpc) is 2.72. The van der Waals surface area contributed by atoms with E-state index in [-0.39, 0.29) is 5.78 Å². The smallest absolute Gasteiger partial charge is 0.410 e. The van der Waals surface area contributed by atoms with Crippen molar-refractivity contribution < 1.29 is 14.3 Å². The molecule has 0 aromatic carbocycles. The van der Waals surface area contributed by atoms with Crippen LogP contribution in [0.1, 0.15) is 29.1 Å². The maximum Gasteiger partial charge on any atom is 0.410 e. The molecule has 0 aliphatic carbocycles. The summed E-state index contributed by atoms with van der Waals surface area (Å²) in [5.74, 6) is 0.00630. The zero-order valence-corrected chi connectivity index (χ0v) is 10.8. The maximum absolute atomic E-state index is 12.2. The van der Waals surface area contributed by atoms with E-state index in [0.717, 1.165) is 16.9 Å². The van der Waals surface area contributed by atoms with Gasteiger partial charge in [-0.15, -0.1) is 11.3 Å². The summed E-state index contributed by atoms with van der Waals surface area (Å²) in [7, 11) is 0. The van der Waals surface area contributed by atoms with Crippen molar-refractivity contribution in [2.45, 2.75) is 26.3 Å². The van der Waals surface area contributed by atoms with E-state index in [1.807, 2.05) is 11.4 Å². The van der Waals surface area contributed by atoms with Crippen LogP contribution in [0.5, 0.6) is 0 Å². The molecule has 1 aliphatic heterocycles. The third kappa shape index (κ3) is 2.20. The van der Waals surface area contributed by atoms with Crippen LogP contribution in [-0.2, 0) is 11.2 Å². The normalized spacial score (nSPS) is 19.8. The van der Waals surface area contributed by atoms with Crippen molar-refractivity contribution in [2.24, 2.45) is 0 Å². The molecule has 0 spiro atoms. The molecule has 1 atom stereocenters. The van der Waals surface area contributed by atoms with Gasteiger partial charge in [-0.1, -0.05) is 0 Å². The summed E-state index contributed by atoms with van der Waals surface area (Å²) in [6, 6.07) is 1.40. The summed E-state index contributed by atoms with van der Waals surface area (Å²) in [4.78, 5) is 26.5. The van der Waals surface area contributed by atoms with Crippen molar-refractivity contribution >= 4 is 23.2 Å². The number of carbonyl (C=O) groups is 2. The van der Waals surface area contributed by atoms with Crippen LogP contribution in [-0.4, -0.2) is 36.0 Å². The highest BCUT2D eigenvalue weighted by Gasteiger charge is 2.32. The third-order valence-electron chi connectivity index (χ3n) is 2.94. The van der Waals surface area contributed by atoms with Crippen molar-refractivity contribution in [1.29, 1.82) is 0 Å². The van der Waals surface area contributed by atoms with Gasteiger partial charge in [-0.05, 0) is 25.3 Å². The largest absolute Gasteiger partial charge is 0.450 e. The molecule has 2 heterocycles. The summed E-state index contributed by atoms with van der Waals surface area (Å²) in [5.41, 5.74) is 0.759. The lowest BCUT2D eigenvalue weighted by molar-refractivity contribution is 0.0737. The molecule has 1 aromatic rings. The molecule has 1 aliphatic rings. The standard InChI is InChI=1S/C12H15NO3S/c1-3-16-12(15)13-6-4-10-9(5-7-17-10)11(14)8(13)2/h5,7-8H,3-4,6H2,1-2H3/t8-/m1/s1. The van der Waals surface area contributed by atoms with Crippen LogP contribution < -0.4 is 0 Å². The first-order valence-electron chi connectivity index (χ1n) is 5.69. The van der Waals surface area contributed by atoms with Gasteiger partial charge >= 0.3 is 6.09 Å². The fraction of sp³-hybridized carbons (Fsp3) is 0.500. The summed E-state index contributed by atoms with van der Waals surface area (Å²) in [6.07, 6.45) is 0.325. The SMILES string of the molecule is CCOC(=O)N1CCc2sccc2C(=O)[C@H]1C. The molecule has 92 valence electrons. The molecule has 0 unspecified atom stereocenters. The highest BCUT2D eigenvalue weighted by Crippen LogP contribution is 2.24. The van der Waals surface area contributed by atoms with Crippen LogP contribution in [0.2, 0.25) is 0 Å². The molecule has 0 radical (unpaired) electrons. The monoisotopic (exact) mass is 253 g/mol. The zero-order valence-electron chi connectivity index (χ0n) is 9.93. The van der Waals surface area contributed by atoms with E-state index < -0.39 is 12.1 Å². The molecular formula is C12H15NO3S. The van der Waals surface area contributed by atoms with Crippen LogP contribution in [0.15, 0.2) is 11.4 Å². The summed E-state index contributed by atoms with van der Waals surface area (Å²) < 4.78 is 4.97.